The van der Waals surface area contributed by atoms with Gasteiger partial charge in [0.1, 0.15) is 0 Å². The van der Waals surface area contributed by atoms with Gasteiger partial charge in [0.15, 0.2) is 0 Å². The van der Waals surface area contributed by atoms with E-state index in [0.29, 0.717) is 5.56 Å². The highest BCUT2D eigenvalue weighted by Gasteiger charge is 2.03. The molecule has 19 heavy (non-hydrogen) atoms. The first kappa shape index (κ1) is 13.7. The van der Waals surface area contributed by atoms with Crippen molar-refractivity contribution in [2.45, 2.75) is 6.92 Å². The molecule has 0 aromatic heterocycles. The summed E-state index contributed by atoms with van der Waals surface area (Å²) in [5, 5.41) is 3.98. The Balaban J connectivity index is 2.03. The molecule has 4 heteroatoms. The lowest BCUT2D eigenvalue weighted by molar-refractivity contribution is 0.0955. The molecule has 0 radical (unpaired) electrons. The van der Waals surface area contributed by atoms with Crippen molar-refractivity contribution < 1.29 is 4.79 Å². The van der Waals surface area contributed by atoms with Crippen LogP contribution in [0.3, 0.4) is 0 Å². The summed E-state index contributed by atoms with van der Waals surface area (Å²) in [6.45, 7) is 1.95. The standard InChI is InChI=1S/C15H13IN2O/c1-11-5-4-7-12(9-11)15(19)18-17-10-13-6-2-3-8-14(13)16/h2-10H,1H3,(H,18,19)/b17-10+. The summed E-state index contributed by atoms with van der Waals surface area (Å²) >= 11 is 2.23. The largest absolute Gasteiger partial charge is 0.271 e. The molecule has 0 fully saturated rings. The van der Waals surface area contributed by atoms with E-state index in [1.54, 1.807) is 12.3 Å². The molecule has 0 spiro atoms. The number of benzene rings is 2. The molecule has 0 aliphatic heterocycles. The maximum atomic E-state index is 11.8. The fraction of sp³-hybridized carbons (Fsp3) is 0.0667. The Hall–Kier alpha value is -1.69. The van der Waals surface area contributed by atoms with Crippen LogP contribution in [-0.4, -0.2) is 12.1 Å². The number of carbonyl (C=O) groups is 1. The molecule has 0 atom stereocenters. The molecular formula is C15H13IN2O. The summed E-state index contributed by atoms with van der Waals surface area (Å²) in [6, 6.07) is 15.2. The van der Waals surface area contributed by atoms with E-state index < -0.39 is 0 Å². The van der Waals surface area contributed by atoms with Crippen molar-refractivity contribution in [3.63, 3.8) is 0 Å². The Kier molecular flexibility index (Phi) is 4.68. The van der Waals surface area contributed by atoms with Crippen molar-refractivity contribution in [1.29, 1.82) is 0 Å². The number of hydrogen-bond donors (Lipinski definition) is 1. The number of hydrazone groups is 1. The number of halogens is 1. The minimum Gasteiger partial charge on any atom is -0.267 e. The van der Waals surface area contributed by atoms with Gasteiger partial charge in [0.25, 0.3) is 5.91 Å². The van der Waals surface area contributed by atoms with Crippen LogP contribution >= 0.6 is 22.6 Å². The first-order valence-corrected chi connectivity index (χ1v) is 6.89. The van der Waals surface area contributed by atoms with Crippen LogP contribution in [-0.2, 0) is 0 Å². The summed E-state index contributed by atoms with van der Waals surface area (Å²) in [5.74, 6) is -0.203. The van der Waals surface area contributed by atoms with Gasteiger partial charge in [0.05, 0.1) is 6.21 Å². The molecule has 0 heterocycles. The lowest BCUT2D eigenvalue weighted by atomic mass is 10.1. The molecule has 2 rings (SSSR count). The molecule has 0 saturated heterocycles. The SMILES string of the molecule is Cc1cccc(C(=O)N/N=C/c2ccccc2I)c1. The maximum Gasteiger partial charge on any atom is 0.271 e. The second-order valence-corrected chi connectivity index (χ2v) is 5.25. The van der Waals surface area contributed by atoms with E-state index in [-0.39, 0.29) is 5.91 Å². The molecule has 0 unspecified atom stereocenters. The third-order valence-corrected chi connectivity index (χ3v) is 3.54. The van der Waals surface area contributed by atoms with Crippen LogP contribution < -0.4 is 5.43 Å². The second-order valence-electron chi connectivity index (χ2n) is 4.09. The van der Waals surface area contributed by atoms with Gasteiger partial charge in [-0.15, -0.1) is 0 Å². The van der Waals surface area contributed by atoms with Gasteiger partial charge in [-0.3, -0.25) is 4.79 Å². The van der Waals surface area contributed by atoms with Gasteiger partial charge in [-0.05, 0) is 47.7 Å². The van der Waals surface area contributed by atoms with E-state index in [4.69, 9.17) is 0 Å². The molecular weight excluding hydrogens is 351 g/mol. The average Bonchev–Trinajstić information content (AvgIpc) is 2.41. The Labute approximate surface area is 125 Å². The van der Waals surface area contributed by atoms with Crippen molar-refractivity contribution >= 4 is 34.7 Å². The zero-order chi connectivity index (χ0) is 13.7. The molecule has 0 bridgehead atoms. The molecule has 2 aromatic rings. The zero-order valence-corrected chi connectivity index (χ0v) is 12.6. The predicted octanol–water partition coefficient (Wildman–Crippen LogP) is 3.36. The van der Waals surface area contributed by atoms with Crippen LogP contribution in [0, 0.1) is 10.5 Å². The second kappa shape index (κ2) is 6.47. The average molecular weight is 364 g/mol. The normalized spacial score (nSPS) is 10.6. The molecule has 1 N–H and O–H groups in total. The summed E-state index contributed by atoms with van der Waals surface area (Å²) < 4.78 is 1.09. The lowest BCUT2D eigenvalue weighted by Gasteiger charge is -2.01. The first-order valence-electron chi connectivity index (χ1n) is 5.81. The van der Waals surface area contributed by atoms with Gasteiger partial charge in [0.2, 0.25) is 0 Å². The summed E-state index contributed by atoms with van der Waals surface area (Å²) in [5.41, 5.74) is 5.17. The molecule has 0 saturated carbocycles. The third kappa shape index (κ3) is 3.89. The van der Waals surface area contributed by atoms with Crippen molar-refractivity contribution in [2.24, 2.45) is 5.10 Å². The Bertz CT molecular complexity index is 623. The Morgan fingerprint density at radius 1 is 1.21 bits per heavy atom. The monoisotopic (exact) mass is 364 g/mol. The van der Waals surface area contributed by atoms with Gasteiger partial charge < -0.3 is 0 Å². The van der Waals surface area contributed by atoms with E-state index >= 15 is 0 Å². The highest BCUT2D eigenvalue weighted by Crippen LogP contribution is 2.08. The highest BCUT2D eigenvalue weighted by atomic mass is 127. The highest BCUT2D eigenvalue weighted by molar-refractivity contribution is 14.1. The van der Waals surface area contributed by atoms with E-state index in [9.17, 15) is 4.79 Å². The molecule has 0 aliphatic carbocycles. The maximum absolute atomic E-state index is 11.8. The number of nitrogens with zero attached hydrogens (tertiary/aromatic N) is 1. The molecule has 1 amide bonds. The number of carbonyl (C=O) groups excluding carboxylic acids is 1. The van der Waals surface area contributed by atoms with E-state index in [1.165, 1.54) is 0 Å². The van der Waals surface area contributed by atoms with E-state index in [2.05, 4.69) is 33.1 Å². The molecule has 0 aliphatic rings. The first-order chi connectivity index (χ1) is 9.16. The number of nitrogens with one attached hydrogen (secondary N) is 1. The summed E-state index contributed by atoms with van der Waals surface area (Å²) in [4.78, 5) is 11.8. The predicted molar refractivity (Wildman–Crippen MR) is 85.4 cm³/mol. The van der Waals surface area contributed by atoms with Crippen LogP contribution in [0.5, 0.6) is 0 Å². The van der Waals surface area contributed by atoms with Gasteiger partial charge in [-0.1, -0.05) is 35.9 Å². The van der Waals surface area contributed by atoms with E-state index in [1.807, 2.05) is 49.4 Å². The molecule has 96 valence electrons. The van der Waals surface area contributed by atoms with Gasteiger partial charge in [-0.2, -0.15) is 5.10 Å². The van der Waals surface area contributed by atoms with Gasteiger partial charge in [-0.25, -0.2) is 5.43 Å². The van der Waals surface area contributed by atoms with Gasteiger partial charge >= 0.3 is 0 Å². The fourth-order valence-corrected chi connectivity index (χ4v) is 2.12. The smallest absolute Gasteiger partial charge is 0.267 e. The lowest BCUT2D eigenvalue weighted by Crippen LogP contribution is -2.17. The van der Waals surface area contributed by atoms with Crippen molar-refractivity contribution in [1.82, 2.24) is 5.43 Å². The molecule has 3 nitrogen and oxygen atoms in total. The number of aryl methyl sites for hydroxylation is 1. The van der Waals surface area contributed by atoms with Crippen LogP contribution in [0.4, 0.5) is 0 Å². The quantitative estimate of drug-likeness (QED) is 0.507. The minimum absolute atomic E-state index is 0.203. The fourth-order valence-electron chi connectivity index (χ4n) is 1.59. The minimum atomic E-state index is -0.203. The number of amides is 1. The Morgan fingerprint density at radius 2 is 2.00 bits per heavy atom. The van der Waals surface area contributed by atoms with Crippen molar-refractivity contribution in [2.75, 3.05) is 0 Å². The van der Waals surface area contributed by atoms with Gasteiger partial charge in [0, 0.05) is 14.7 Å². The summed E-state index contributed by atoms with van der Waals surface area (Å²) in [6.07, 6.45) is 1.65. The van der Waals surface area contributed by atoms with Crippen LogP contribution in [0.2, 0.25) is 0 Å². The zero-order valence-electron chi connectivity index (χ0n) is 10.4. The molecule has 2 aromatic carbocycles. The van der Waals surface area contributed by atoms with Crippen molar-refractivity contribution in [3.8, 4) is 0 Å². The number of hydrogen-bond acceptors (Lipinski definition) is 2. The van der Waals surface area contributed by atoms with Crippen LogP contribution in [0.1, 0.15) is 21.5 Å². The number of rotatable bonds is 3. The Morgan fingerprint density at radius 3 is 2.74 bits per heavy atom. The third-order valence-electron chi connectivity index (χ3n) is 2.56. The summed E-state index contributed by atoms with van der Waals surface area (Å²) in [7, 11) is 0. The topological polar surface area (TPSA) is 41.5 Å². The van der Waals surface area contributed by atoms with Crippen LogP contribution in [0.15, 0.2) is 53.6 Å². The van der Waals surface area contributed by atoms with E-state index in [0.717, 1.165) is 14.7 Å². The van der Waals surface area contributed by atoms with Crippen molar-refractivity contribution in [3.05, 3.63) is 68.8 Å². The van der Waals surface area contributed by atoms with Crippen LogP contribution in [0.25, 0.3) is 0 Å².